The first-order valence-corrected chi connectivity index (χ1v) is 3.87. The Morgan fingerprint density at radius 1 is 1.27 bits per heavy atom. The summed E-state index contributed by atoms with van der Waals surface area (Å²) in [5.41, 5.74) is 0. The van der Waals surface area contributed by atoms with E-state index in [1.807, 2.05) is 0 Å². The van der Waals surface area contributed by atoms with Gasteiger partial charge >= 0.3 is 77.0 Å². The molecule has 6 nitrogen and oxygen atoms in total. The van der Waals surface area contributed by atoms with Gasteiger partial charge in [0.2, 0.25) is 0 Å². The molecule has 0 saturated heterocycles. The Morgan fingerprint density at radius 3 is 2.00 bits per heavy atom. The molecule has 3 N–H and O–H groups in total. The van der Waals surface area contributed by atoms with Crippen LogP contribution in [0.25, 0.3) is 0 Å². The van der Waals surface area contributed by atoms with Crippen molar-refractivity contribution in [2.24, 2.45) is 0 Å². The van der Waals surface area contributed by atoms with Crippen LogP contribution in [0, 0.1) is 0 Å². The summed E-state index contributed by atoms with van der Waals surface area (Å²) in [6.07, 6.45) is -4.12. The van der Waals surface area contributed by atoms with Crippen LogP contribution in [0.1, 0.15) is 0 Å². The van der Waals surface area contributed by atoms with Crippen LogP contribution in [0.4, 0.5) is 0 Å². The Balaban J connectivity index is 4.12. The van der Waals surface area contributed by atoms with E-state index < -0.39 is 24.1 Å². The summed E-state index contributed by atoms with van der Waals surface area (Å²) >= 11 is 0.233. The van der Waals surface area contributed by atoms with E-state index in [4.69, 9.17) is 15.3 Å². The number of carboxylic acids is 1. The summed E-state index contributed by atoms with van der Waals surface area (Å²) in [7, 11) is 0. The number of aliphatic hydroxyl groups excluding tert-OH is 2. The second kappa shape index (κ2) is 4.59. The van der Waals surface area contributed by atoms with Crippen molar-refractivity contribution in [1.82, 2.24) is 0 Å². The first-order valence-electron chi connectivity index (χ1n) is 2.45. The molecule has 7 heteroatoms. The third-order valence-corrected chi connectivity index (χ3v) is 1.58. The van der Waals surface area contributed by atoms with Crippen molar-refractivity contribution in [1.29, 1.82) is 0 Å². The summed E-state index contributed by atoms with van der Waals surface area (Å²) in [5, 5.41) is 25.3. The van der Waals surface area contributed by atoms with Gasteiger partial charge in [-0.15, -0.1) is 0 Å². The van der Waals surface area contributed by atoms with E-state index >= 15 is 0 Å². The summed E-state index contributed by atoms with van der Waals surface area (Å²) < 4.78 is 4.08. The van der Waals surface area contributed by atoms with Gasteiger partial charge in [0, 0.05) is 0 Å². The van der Waals surface area contributed by atoms with Crippen molar-refractivity contribution >= 4 is 37.1 Å². The minimum atomic E-state index is -2.12. The van der Waals surface area contributed by atoms with Gasteiger partial charge in [-0.3, -0.25) is 0 Å². The standard InChI is InChI=1S/C4H6O6.Bi/c5-1(3(7)8)2(6)4(9)10;/h1-2,5-6H,(H,7,8)(H,9,10);/q;+1/p-1. The van der Waals surface area contributed by atoms with Crippen molar-refractivity contribution < 1.29 is 27.7 Å². The number of hydrogen-bond donors (Lipinski definition) is 3. The van der Waals surface area contributed by atoms with Gasteiger partial charge in [-0.2, -0.15) is 0 Å². The first-order chi connectivity index (χ1) is 5.00. The molecule has 2 radical (unpaired) electrons. The van der Waals surface area contributed by atoms with Gasteiger partial charge in [-0.25, -0.2) is 0 Å². The molecular weight excluding hydrogens is 353 g/mol. The number of carboxylic acid groups (broad SMARTS) is 1. The number of hydrogen-bond acceptors (Lipinski definition) is 5. The van der Waals surface area contributed by atoms with Gasteiger partial charge < -0.3 is 0 Å². The molecule has 0 aliphatic rings. The quantitative estimate of drug-likeness (QED) is 0.479. The molecular formula is C4H5BiO6. The SMILES string of the molecule is O=C(O)C(O)C(O)C(=O)[O][Bi]. The normalized spacial score (nSPS) is 15.2. The minimum absolute atomic E-state index is 0.233. The molecule has 0 rings (SSSR count). The fraction of sp³-hybridized carbons (Fsp3) is 0.500. The molecule has 11 heavy (non-hydrogen) atoms. The molecule has 0 aliphatic carbocycles. The average molecular weight is 358 g/mol. The Bertz CT molecular complexity index is 168. The Kier molecular flexibility index (Phi) is 4.48. The maximum absolute atomic E-state index is 10.4. The molecule has 0 aliphatic heterocycles. The molecule has 2 unspecified atom stereocenters. The Hall–Kier alpha value is -0.257. The van der Waals surface area contributed by atoms with Gasteiger partial charge in [-0.05, 0) is 0 Å². The molecule has 0 saturated carbocycles. The molecule has 0 aromatic rings. The van der Waals surface area contributed by atoms with Gasteiger partial charge in [0.05, 0.1) is 0 Å². The number of carbonyl (C=O) groups is 2. The van der Waals surface area contributed by atoms with Gasteiger partial charge in [-0.1, -0.05) is 0 Å². The number of carbonyl (C=O) groups excluding carboxylic acids is 1. The van der Waals surface area contributed by atoms with Crippen LogP contribution in [0.3, 0.4) is 0 Å². The van der Waals surface area contributed by atoms with Crippen LogP contribution >= 0.6 is 0 Å². The van der Waals surface area contributed by atoms with Crippen LogP contribution in [0.5, 0.6) is 0 Å². The average Bonchev–Trinajstić information content (AvgIpc) is 2.00. The van der Waals surface area contributed by atoms with E-state index in [0.717, 1.165) is 0 Å². The van der Waals surface area contributed by atoms with Crippen LogP contribution in [-0.2, 0) is 12.4 Å². The predicted octanol–water partition coefficient (Wildman–Crippen LogP) is -2.58. The van der Waals surface area contributed by atoms with Crippen molar-refractivity contribution in [3.63, 3.8) is 0 Å². The molecule has 0 amide bonds. The summed E-state index contributed by atoms with van der Waals surface area (Å²) in [4.78, 5) is 20.3. The molecule has 62 valence electrons. The molecule has 2 atom stereocenters. The third-order valence-electron chi connectivity index (χ3n) is 0.884. The maximum atomic E-state index is 10.4. The third kappa shape index (κ3) is 3.09. The van der Waals surface area contributed by atoms with E-state index in [1.165, 1.54) is 0 Å². The molecule has 0 heterocycles. The van der Waals surface area contributed by atoms with Gasteiger partial charge in [0.1, 0.15) is 0 Å². The van der Waals surface area contributed by atoms with E-state index in [0.29, 0.717) is 0 Å². The zero-order valence-electron chi connectivity index (χ0n) is 5.17. The van der Waals surface area contributed by atoms with E-state index in [-0.39, 0.29) is 25.2 Å². The second-order valence-corrected chi connectivity index (χ2v) is 2.35. The molecule has 0 bridgehead atoms. The van der Waals surface area contributed by atoms with Gasteiger partial charge in [0.25, 0.3) is 0 Å². The monoisotopic (exact) mass is 358 g/mol. The van der Waals surface area contributed by atoms with E-state index in [2.05, 4.69) is 2.81 Å². The van der Waals surface area contributed by atoms with Crippen molar-refractivity contribution in [3.8, 4) is 0 Å². The van der Waals surface area contributed by atoms with E-state index in [9.17, 15) is 9.59 Å². The number of aliphatic hydroxyl groups is 2. The van der Waals surface area contributed by atoms with Crippen LogP contribution in [0.15, 0.2) is 0 Å². The summed E-state index contributed by atoms with van der Waals surface area (Å²) in [5.74, 6) is -2.80. The topological polar surface area (TPSA) is 104 Å². The molecule has 0 aromatic heterocycles. The zero-order valence-corrected chi connectivity index (χ0v) is 8.65. The van der Waals surface area contributed by atoms with E-state index in [1.54, 1.807) is 0 Å². The zero-order chi connectivity index (χ0) is 9.02. The Labute approximate surface area is 77.2 Å². The fourth-order valence-electron chi connectivity index (χ4n) is 0.318. The van der Waals surface area contributed by atoms with Crippen molar-refractivity contribution in [2.45, 2.75) is 12.2 Å². The van der Waals surface area contributed by atoms with Gasteiger partial charge in [0.15, 0.2) is 0 Å². The van der Waals surface area contributed by atoms with Crippen molar-refractivity contribution in [3.05, 3.63) is 0 Å². The summed E-state index contributed by atoms with van der Waals surface area (Å²) in [6.45, 7) is 0. The molecule has 0 spiro atoms. The predicted molar refractivity (Wildman–Crippen MR) is 31.5 cm³/mol. The second-order valence-electron chi connectivity index (χ2n) is 1.64. The Morgan fingerprint density at radius 2 is 1.73 bits per heavy atom. The fourth-order valence-corrected chi connectivity index (χ4v) is 0.738. The number of rotatable bonds is 3. The van der Waals surface area contributed by atoms with Crippen LogP contribution in [0.2, 0.25) is 0 Å². The molecule has 0 aromatic carbocycles. The number of aliphatic carboxylic acids is 1. The first kappa shape index (κ1) is 10.7. The van der Waals surface area contributed by atoms with Crippen LogP contribution in [-0.4, -0.2) is 64.6 Å². The molecule has 0 fully saturated rings. The summed E-state index contributed by atoms with van der Waals surface area (Å²) in [6, 6.07) is 0. The van der Waals surface area contributed by atoms with Crippen LogP contribution < -0.4 is 0 Å². The van der Waals surface area contributed by atoms with Crippen molar-refractivity contribution in [2.75, 3.05) is 0 Å².